The molecule has 0 aliphatic heterocycles. The van der Waals surface area contributed by atoms with Crippen molar-refractivity contribution in [2.45, 2.75) is 12.8 Å². The average molecular weight is 270 g/mol. The molecule has 0 spiro atoms. The Labute approximate surface area is 119 Å². The molecule has 2 aromatic rings. The molecule has 0 aliphatic rings. The molecule has 1 heterocycles. The highest BCUT2D eigenvalue weighted by Crippen LogP contribution is 2.12. The van der Waals surface area contributed by atoms with Crippen molar-refractivity contribution in [3.8, 4) is 17.6 Å². The molecule has 104 valence electrons. The second-order valence-corrected chi connectivity index (χ2v) is 4.42. The Morgan fingerprint density at radius 2 is 2.10 bits per heavy atom. The van der Waals surface area contributed by atoms with Crippen LogP contribution in [0.15, 0.2) is 36.7 Å². The highest BCUT2D eigenvalue weighted by atomic mass is 16.5. The summed E-state index contributed by atoms with van der Waals surface area (Å²) in [6, 6.07) is 7.66. The van der Waals surface area contributed by atoms with Gasteiger partial charge in [-0.2, -0.15) is 5.10 Å². The van der Waals surface area contributed by atoms with E-state index in [2.05, 4.69) is 16.9 Å². The van der Waals surface area contributed by atoms with Crippen molar-refractivity contribution < 1.29 is 9.84 Å². The number of nitrogens with zero attached hydrogens (tertiary/aromatic N) is 2. The maximum atomic E-state index is 8.65. The van der Waals surface area contributed by atoms with E-state index in [1.807, 2.05) is 43.7 Å². The van der Waals surface area contributed by atoms with E-state index >= 15 is 0 Å². The SMILES string of the molecule is Cn1cc(CCOc2ccc(C#CCCO)cc2)cn1. The van der Waals surface area contributed by atoms with Crippen LogP contribution in [-0.4, -0.2) is 28.1 Å². The van der Waals surface area contributed by atoms with Gasteiger partial charge >= 0.3 is 0 Å². The number of rotatable bonds is 5. The summed E-state index contributed by atoms with van der Waals surface area (Å²) >= 11 is 0. The number of aliphatic hydroxyl groups is 1. The van der Waals surface area contributed by atoms with Gasteiger partial charge in [-0.1, -0.05) is 11.8 Å². The number of benzene rings is 1. The molecule has 1 aromatic carbocycles. The lowest BCUT2D eigenvalue weighted by atomic mass is 10.2. The second kappa shape index (κ2) is 7.37. The van der Waals surface area contributed by atoms with Gasteiger partial charge in [-0.3, -0.25) is 4.68 Å². The van der Waals surface area contributed by atoms with Crippen molar-refractivity contribution in [3.05, 3.63) is 47.8 Å². The van der Waals surface area contributed by atoms with E-state index < -0.39 is 0 Å². The predicted molar refractivity (Wildman–Crippen MR) is 77.4 cm³/mol. The van der Waals surface area contributed by atoms with Crippen molar-refractivity contribution in [1.29, 1.82) is 0 Å². The number of aryl methyl sites for hydroxylation is 1. The van der Waals surface area contributed by atoms with Gasteiger partial charge in [0.15, 0.2) is 0 Å². The first-order valence-electron chi connectivity index (χ1n) is 6.58. The normalized spacial score (nSPS) is 9.90. The molecule has 4 nitrogen and oxygen atoms in total. The molecule has 1 N–H and O–H groups in total. The smallest absolute Gasteiger partial charge is 0.119 e. The van der Waals surface area contributed by atoms with Crippen LogP contribution in [0.25, 0.3) is 0 Å². The number of hydrogen-bond donors (Lipinski definition) is 1. The summed E-state index contributed by atoms with van der Waals surface area (Å²) in [5.74, 6) is 6.70. The van der Waals surface area contributed by atoms with E-state index in [9.17, 15) is 0 Å². The Morgan fingerprint density at radius 3 is 2.75 bits per heavy atom. The minimum Gasteiger partial charge on any atom is -0.493 e. The van der Waals surface area contributed by atoms with Crippen LogP contribution < -0.4 is 4.74 Å². The zero-order valence-corrected chi connectivity index (χ0v) is 11.5. The first-order valence-corrected chi connectivity index (χ1v) is 6.58. The summed E-state index contributed by atoms with van der Waals surface area (Å²) in [6.45, 7) is 0.726. The molecule has 0 radical (unpaired) electrons. The van der Waals surface area contributed by atoms with Gasteiger partial charge in [-0.15, -0.1) is 0 Å². The van der Waals surface area contributed by atoms with Crippen LogP contribution in [0.2, 0.25) is 0 Å². The van der Waals surface area contributed by atoms with Gasteiger partial charge < -0.3 is 9.84 Å². The van der Waals surface area contributed by atoms with Crippen molar-refractivity contribution in [2.75, 3.05) is 13.2 Å². The van der Waals surface area contributed by atoms with Gasteiger partial charge in [-0.25, -0.2) is 0 Å². The molecule has 0 fully saturated rings. The summed E-state index contributed by atoms with van der Waals surface area (Å²) in [6.07, 6.45) is 5.18. The van der Waals surface area contributed by atoms with Crippen LogP contribution in [0, 0.1) is 11.8 Å². The summed E-state index contributed by atoms with van der Waals surface area (Å²) in [5, 5.41) is 12.8. The third kappa shape index (κ3) is 4.45. The van der Waals surface area contributed by atoms with Gasteiger partial charge in [0.25, 0.3) is 0 Å². The zero-order valence-electron chi connectivity index (χ0n) is 11.5. The van der Waals surface area contributed by atoms with Gasteiger partial charge in [0.1, 0.15) is 5.75 Å². The van der Waals surface area contributed by atoms with Crippen LogP contribution in [0.4, 0.5) is 0 Å². The lowest BCUT2D eigenvalue weighted by Crippen LogP contribution is -2.00. The maximum Gasteiger partial charge on any atom is 0.119 e. The molecule has 0 saturated carbocycles. The average Bonchev–Trinajstić information content (AvgIpc) is 2.87. The fourth-order valence-corrected chi connectivity index (χ4v) is 1.74. The summed E-state index contributed by atoms with van der Waals surface area (Å²) in [5.41, 5.74) is 2.09. The predicted octanol–water partition coefficient (Wildman–Crippen LogP) is 1.78. The highest BCUT2D eigenvalue weighted by molar-refractivity contribution is 5.38. The molecule has 0 atom stereocenters. The number of aromatic nitrogens is 2. The van der Waals surface area contributed by atoms with Crippen LogP contribution in [0.3, 0.4) is 0 Å². The quantitative estimate of drug-likeness (QED) is 0.842. The van der Waals surface area contributed by atoms with Gasteiger partial charge in [0, 0.05) is 31.6 Å². The van der Waals surface area contributed by atoms with E-state index in [1.54, 1.807) is 4.68 Å². The summed E-state index contributed by atoms with van der Waals surface area (Å²) in [4.78, 5) is 0. The van der Waals surface area contributed by atoms with Crippen LogP contribution in [0.5, 0.6) is 5.75 Å². The van der Waals surface area contributed by atoms with E-state index in [0.717, 1.165) is 17.7 Å². The van der Waals surface area contributed by atoms with E-state index in [-0.39, 0.29) is 6.61 Å². The lowest BCUT2D eigenvalue weighted by Gasteiger charge is -2.04. The molecule has 0 bridgehead atoms. The monoisotopic (exact) mass is 270 g/mol. The fraction of sp³-hybridized carbons (Fsp3) is 0.312. The van der Waals surface area contributed by atoms with E-state index in [1.165, 1.54) is 5.56 Å². The maximum absolute atomic E-state index is 8.65. The number of hydrogen-bond acceptors (Lipinski definition) is 3. The molecule has 0 amide bonds. The Morgan fingerprint density at radius 1 is 1.30 bits per heavy atom. The molecular formula is C16H18N2O2. The summed E-state index contributed by atoms with van der Waals surface area (Å²) < 4.78 is 7.46. The molecular weight excluding hydrogens is 252 g/mol. The highest BCUT2D eigenvalue weighted by Gasteiger charge is 1.98. The second-order valence-electron chi connectivity index (χ2n) is 4.42. The Bertz CT molecular complexity index is 591. The van der Waals surface area contributed by atoms with Crippen LogP contribution >= 0.6 is 0 Å². The molecule has 2 rings (SSSR count). The van der Waals surface area contributed by atoms with Crippen LogP contribution in [-0.2, 0) is 13.5 Å². The number of aliphatic hydroxyl groups excluding tert-OH is 1. The zero-order chi connectivity index (χ0) is 14.2. The van der Waals surface area contributed by atoms with Gasteiger partial charge in [0.05, 0.1) is 19.4 Å². The first kappa shape index (κ1) is 14.2. The van der Waals surface area contributed by atoms with Gasteiger partial charge in [0.2, 0.25) is 0 Å². The molecule has 4 heteroatoms. The summed E-state index contributed by atoms with van der Waals surface area (Å²) in [7, 11) is 1.90. The third-order valence-corrected chi connectivity index (χ3v) is 2.74. The van der Waals surface area contributed by atoms with Crippen molar-refractivity contribution in [1.82, 2.24) is 9.78 Å². The Hall–Kier alpha value is -2.25. The largest absolute Gasteiger partial charge is 0.493 e. The topological polar surface area (TPSA) is 47.3 Å². The number of ether oxygens (including phenoxy) is 1. The first-order chi connectivity index (χ1) is 9.78. The Balaban J connectivity index is 1.80. The standard InChI is InChI=1S/C16H18N2O2/c1-18-13-15(12-17-18)9-11-20-16-7-5-14(6-8-16)4-2-3-10-19/h5-8,12-13,19H,3,9-11H2,1H3. The third-order valence-electron chi connectivity index (χ3n) is 2.74. The lowest BCUT2D eigenvalue weighted by molar-refractivity contribution is 0.305. The molecule has 0 saturated heterocycles. The molecule has 0 aliphatic carbocycles. The Kier molecular flexibility index (Phi) is 5.22. The van der Waals surface area contributed by atoms with Crippen LogP contribution in [0.1, 0.15) is 17.5 Å². The fourth-order valence-electron chi connectivity index (χ4n) is 1.74. The van der Waals surface area contributed by atoms with Crippen molar-refractivity contribution in [2.24, 2.45) is 7.05 Å². The van der Waals surface area contributed by atoms with E-state index in [0.29, 0.717) is 13.0 Å². The minimum absolute atomic E-state index is 0.0997. The molecule has 20 heavy (non-hydrogen) atoms. The van der Waals surface area contributed by atoms with Crippen molar-refractivity contribution in [3.63, 3.8) is 0 Å². The van der Waals surface area contributed by atoms with Crippen molar-refractivity contribution >= 4 is 0 Å². The molecule has 0 unspecified atom stereocenters. The molecule has 1 aromatic heterocycles. The van der Waals surface area contributed by atoms with E-state index in [4.69, 9.17) is 9.84 Å². The minimum atomic E-state index is 0.0997. The van der Waals surface area contributed by atoms with Gasteiger partial charge in [-0.05, 0) is 29.8 Å².